The van der Waals surface area contributed by atoms with Crippen LogP contribution >= 0.6 is 22.9 Å². The van der Waals surface area contributed by atoms with Crippen molar-refractivity contribution in [3.05, 3.63) is 56.7 Å². The van der Waals surface area contributed by atoms with Crippen LogP contribution in [0.25, 0.3) is 0 Å². The van der Waals surface area contributed by atoms with E-state index in [2.05, 4.69) is 11.4 Å². The smallest absolute Gasteiger partial charge is 0.306 e. The van der Waals surface area contributed by atoms with E-state index in [9.17, 15) is 14.4 Å². The van der Waals surface area contributed by atoms with Crippen molar-refractivity contribution in [1.29, 1.82) is 0 Å². The van der Waals surface area contributed by atoms with Crippen molar-refractivity contribution in [3.63, 3.8) is 0 Å². The predicted molar refractivity (Wildman–Crippen MR) is 137 cm³/mol. The molecule has 3 rings (SSSR count). The molecule has 0 N–H and O–H groups in total. The quantitative estimate of drug-likeness (QED) is 0.305. The van der Waals surface area contributed by atoms with E-state index in [1.165, 1.54) is 4.88 Å². The molecule has 0 bridgehead atoms. The number of fused-ring (bicyclic) bond motifs is 1. The number of rotatable bonds is 12. The number of hydrogen-bond donors (Lipinski definition) is 0. The molecule has 1 aromatic carbocycles. The lowest BCUT2D eigenvalue weighted by atomic mass is 9.93. The van der Waals surface area contributed by atoms with E-state index in [1.807, 2.05) is 36.1 Å². The van der Waals surface area contributed by atoms with Crippen LogP contribution in [0.5, 0.6) is 0 Å². The number of esters is 1. The standard InChI is InChI=1S/C26H33ClN2O5S/c1-3-33-16-5-14-28(23(30)10-11-25(32)34-4-2)18-24(31)29-15-12-22-21(13-17-35-22)26(29)19-6-8-20(27)9-7-19/h6-9,13,17,26H,3-5,10-12,14-16,18H2,1-2H3. The summed E-state index contributed by atoms with van der Waals surface area (Å²) in [5, 5.41) is 2.70. The summed E-state index contributed by atoms with van der Waals surface area (Å²) < 4.78 is 10.4. The van der Waals surface area contributed by atoms with Crippen molar-refractivity contribution in [3.8, 4) is 0 Å². The van der Waals surface area contributed by atoms with Gasteiger partial charge >= 0.3 is 5.97 Å². The molecule has 35 heavy (non-hydrogen) atoms. The summed E-state index contributed by atoms with van der Waals surface area (Å²) in [5.41, 5.74) is 2.10. The molecule has 1 atom stereocenters. The molecule has 0 radical (unpaired) electrons. The Morgan fingerprint density at radius 1 is 1.11 bits per heavy atom. The zero-order valence-electron chi connectivity index (χ0n) is 20.3. The van der Waals surface area contributed by atoms with Gasteiger partial charge in [-0.3, -0.25) is 14.4 Å². The first-order valence-electron chi connectivity index (χ1n) is 12.1. The van der Waals surface area contributed by atoms with Crippen LogP contribution in [0.3, 0.4) is 0 Å². The molecule has 0 saturated heterocycles. The van der Waals surface area contributed by atoms with Crippen LogP contribution in [0, 0.1) is 0 Å². The second kappa shape index (κ2) is 13.6. The molecule has 1 aliphatic rings. The largest absolute Gasteiger partial charge is 0.466 e. The fraction of sp³-hybridized carbons (Fsp3) is 0.500. The van der Waals surface area contributed by atoms with Crippen LogP contribution in [-0.2, 0) is 30.3 Å². The van der Waals surface area contributed by atoms with E-state index in [0.29, 0.717) is 37.7 Å². The number of carbonyl (C=O) groups is 3. The van der Waals surface area contributed by atoms with Gasteiger partial charge in [-0.15, -0.1) is 11.3 Å². The molecular weight excluding hydrogens is 488 g/mol. The van der Waals surface area contributed by atoms with Gasteiger partial charge in [0.05, 0.1) is 25.6 Å². The van der Waals surface area contributed by atoms with E-state index in [0.717, 1.165) is 17.5 Å². The molecule has 1 aromatic heterocycles. The zero-order valence-corrected chi connectivity index (χ0v) is 21.9. The minimum atomic E-state index is -0.412. The Morgan fingerprint density at radius 3 is 2.60 bits per heavy atom. The van der Waals surface area contributed by atoms with Crippen molar-refractivity contribution in [1.82, 2.24) is 9.80 Å². The third-order valence-corrected chi connectivity index (χ3v) is 7.17. The van der Waals surface area contributed by atoms with Crippen LogP contribution in [-0.4, -0.2) is 67.0 Å². The Balaban J connectivity index is 1.76. The Morgan fingerprint density at radius 2 is 1.89 bits per heavy atom. The fourth-order valence-electron chi connectivity index (χ4n) is 4.24. The Labute approximate surface area is 215 Å². The maximum absolute atomic E-state index is 13.6. The summed E-state index contributed by atoms with van der Waals surface area (Å²) >= 11 is 7.81. The molecule has 9 heteroatoms. The Kier molecular flexibility index (Phi) is 10.6. The van der Waals surface area contributed by atoms with Gasteiger partial charge in [0.1, 0.15) is 0 Å². The van der Waals surface area contributed by atoms with Crippen LogP contribution in [0.1, 0.15) is 55.2 Å². The SMILES string of the molecule is CCOCCCN(CC(=O)N1CCc2sccc2C1c1ccc(Cl)cc1)C(=O)CCC(=O)OCC. The molecule has 2 aromatic rings. The van der Waals surface area contributed by atoms with Gasteiger partial charge in [0.15, 0.2) is 0 Å². The van der Waals surface area contributed by atoms with Gasteiger partial charge in [-0.05, 0) is 61.4 Å². The first kappa shape index (κ1) is 27.2. The molecule has 2 heterocycles. The Hall–Kier alpha value is -2.42. The monoisotopic (exact) mass is 520 g/mol. The van der Waals surface area contributed by atoms with Gasteiger partial charge in [0.2, 0.25) is 11.8 Å². The second-order valence-electron chi connectivity index (χ2n) is 8.26. The van der Waals surface area contributed by atoms with Crippen molar-refractivity contribution in [2.75, 3.05) is 39.5 Å². The lowest BCUT2D eigenvalue weighted by Crippen LogP contribution is -2.47. The molecule has 0 aliphatic carbocycles. The maximum atomic E-state index is 13.6. The highest BCUT2D eigenvalue weighted by atomic mass is 35.5. The predicted octanol–water partition coefficient (Wildman–Crippen LogP) is 4.47. The van der Waals surface area contributed by atoms with E-state index in [1.54, 1.807) is 23.2 Å². The van der Waals surface area contributed by atoms with Gasteiger partial charge in [0.25, 0.3) is 0 Å². The van der Waals surface area contributed by atoms with Gasteiger partial charge in [-0.1, -0.05) is 23.7 Å². The van der Waals surface area contributed by atoms with Crippen LogP contribution < -0.4 is 0 Å². The average molecular weight is 521 g/mol. The molecule has 1 unspecified atom stereocenters. The Bertz CT molecular complexity index is 994. The number of hydrogen-bond acceptors (Lipinski definition) is 6. The molecule has 0 saturated carbocycles. The third kappa shape index (κ3) is 7.53. The fourth-order valence-corrected chi connectivity index (χ4v) is 5.27. The first-order chi connectivity index (χ1) is 16.9. The van der Waals surface area contributed by atoms with Crippen LogP contribution in [0.4, 0.5) is 0 Å². The number of nitrogens with zero attached hydrogens (tertiary/aromatic N) is 2. The molecular formula is C26H33ClN2O5S. The third-order valence-electron chi connectivity index (χ3n) is 5.92. The number of amides is 2. The van der Waals surface area contributed by atoms with Gasteiger partial charge in [-0.25, -0.2) is 0 Å². The average Bonchev–Trinajstić information content (AvgIpc) is 3.33. The topological polar surface area (TPSA) is 76.2 Å². The normalized spacial score (nSPS) is 14.9. The lowest BCUT2D eigenvalue weighted by Gasteiger charge is -2.37. The second-order valence-corrected chi connectivity index (χ2v) is 9.70. The summed E-state index contributed by atoms with van der Waals surface area (Å²) in [6, 6.07) is 9.41. The van der Waals surface area contributed by atoms with Crippen LogP contribution in [0.2, 0.25) is 5.02 Å². The highest BCUT2D eigenvalue weighted by Crippen LogP contribution is 2.38. The van der Waals surface area contributed by atoms with Crippen molar-refractivity contribution >= 4 is 40.7 Å². The molecule has 0 fully saturated rings. The number of carbonyl (C=O) groups excluding carboxylic acids is 3. The summed E-state index contributed by atoms with van der Waals surface area (Å²) in [6.07, 6.45) is 1.40. The molecule has 190 valence electrons. The van der Waals surface area contributed by atoms with Gasteiger partial charge in [0, 0.05) is 42.6 Å². The summed E-state index contributed by atoms with van der Waals surface area (Å²) in [4.78, 5) is 43.0. The minimum absolute atomic E-state index is 0.00178. The van der Waals surface area contributed by atoms with Crippen LogP contribution in [0.15, 0.2) is 35.7 Å². The molecule has 1 aliphatic heterocycles. The molecule has 0 spiro atoms. The summed E-state index contributed by atoms with van der Waals surface area (Å²) in [7, 11) is 0. The van der Waals surface area contributed by atoms with Crippen molar-refractivity contribution < 1.29 is 23.9 Å². The maximum Gasteiger partial charge on any atom is 0.306 e. The highest BCUT2D eigenvalue weighted by molar-refractivity contribution is 7.10. The molecule has 7 nitrogen and oxygen atoms in total. The van der Waals surface area contributed by atoms with E-state index >= 15 is 0 Å². The van der Waals surface area contributed by atoms with E-state index in [4.69, 9.17) is 21.1 Å². The lowest BCUT2D eigenvalue weighted by molar-refractivity contribution is -0.146. The van der Waals surface area contributed by atoms with E-state index in [-0.39, 0.29) is 43.8 Å². The van der Waals surface area contributed by atoms with Gasteiger partial charge in [-0.2, -0.15) is 0 Å². The van der Waals surface area contributed by atoms with Crippen molar-refractivity contribution in [2.45, 2.75) is 45.6 Å². The zero-order chi connectivity index (χ0) is 25.2. The number of halogens is 1. The molecule has 2 amide bonds. The van der Waals surface area contributed by atoms with Gasteiger partial charge < -0.3 is 19.3 Å². The van der Waals surface area contributed by atoms with E-state index < -0.39 is 5.97 Å². The highest BCUT2D eigenvalue weighted by Gasteiger charge is 2.34. The number of thiophene rings is 1. The summed E-state index contributed by atoms with van der Waals surface area (Å²) in [5.74, 6) is -0.771. The minimum Gasteiger partial charge on any atom is -0.466 e. The number of benzene rings is 1. The summed E-state index contributed by atoms with van der Waals surface area (Å²) in [6.45, 7) is 5.92. The first-order valence-corrected chi connectivity index (χ1v) is 13.3. The number of ether oxygens (including phenoxy) is 2. The van der Waals surface area contributed by atoms with Crippen molar-refractivity contribution in [2.24, 2.45) is 0 Å².